The Kier molecular flexibility index (Phi) is 10.3. The molecular weight excluding hydrogens is 355 g/mol. The van der Waals surface area contributed by atoms with Crippen LogP contribution in [0.1, 0.15) is 39.3 Å². The molecule has 0 bridgehead atoms. The molecule has 1 aliphatic heterocycles. The minimum absolute atomic E-state index is 0. The first-order valence-corrected chi connectivity index (χ1v) is 8.57. The van der Waals surface area contributed by atoms with Gasteiger partial charge in [-0.3, -0.25) is 9.69 Å². The summed E-state index contributed by atoms with van der Waals surface area (Å²) in [6.45, 7) is 9.14. The molecule has 3 atom stereocenters. The molecule has 0 saturated carbocycles. The van der Waals surface area contributed by atoms with Crippen molar-refractivity contribution in [1.29, 1.82) is 0 Å². The average Bonchev–Trinajstić information content (AvgIpc) is 2.84. The van der Waals surface area contributed by atoms with Crippen molar-refractivity contribution in [3.8, 4) is 0 Å². The summed E-state index contributed by atoms with van der Waals surface area (Å²) < 4.78 is 0. The lowest BCUT2D eigenvalue weighted by Crippen LogP contribution is -2.34. The Bertz CT molecular complexity index is 484. The molecule has 1 aromatic rings. The summed E-state index contributed by atoms with van der Waals surface area (Å²) in [5.74, 6) is 0.501. The first kappa shape index (κ1) is 22.6. The lowest BCUT2D eigenvalue weighted by molar-refractivity contribution is -0.119. The van der Waals surface area contributed by atoms with Gasteiger partial charge in [-0.25, -0.2) is 4.98 Å². The molecule has 8 heteroatoms. The van der Waals surface area contributed by atoms with Crippen molar-refractivity contribution in [2.75, 3.05) is 18.4 Å². The Labute approximate surface area is 155 Å². The van der Waals surface area contributed by atoms with Crippen molar-refractivity contribution in [3.63, 3.8) is 0 Å². The number of thiazole rings is 1. The van der Waals surface area contributed by atoms with Crippen molar-refractivity contribution in [2.45, 2.75) is 46.2 Å². The number of aromatic nitrogens is 1. The normalized spacial score (nSPS) is 20.8. The first-order chi connectivity index (χ1) is 9.95. The predicted molar refractivity (Wildman–Crippen MR) is 102 cm³/mol. The van der Waals surface area contributed by atoms with Crippen LogP contribution >= 0.6 is 36.2 Å². The van der Waals surface area contributed by atoms with Gasteiger partial charge in [0.25, 0.3) is 0 Å². The van der Waals surface area contributed by atoms with E-state index in [2.05, 4.69) is 22.1 Å². The third-order valence-corrected chi connectivity index (χ3v) is 4.92. The third kappa shape index (κ3) is 6.93. The lowest BCUT2D eigenvalue weighted by atomic mass is 10.0. The molecule has 134 valence electrons. The molecule has 0 aromatic carbocycles. The monoisotopic (exact) mass is 382 g/mol. The second kappa shape index (κ2) is 10.5. The molecule has 3 N–H and O–H groups in total. The smallest absolute Gasteiger partial charge is 0.230 e. The summed E-state index contributed by atoms with van der Waals surface area (Å²) in [4.78, 5) is 18.9. The molecule has 5 nitrogen and oxygen atoms in total. The molecule has 1 aliphatic rings. The second-order valence-electron chi connectivity index (χ2n) is 6.26. The fourth-order valence-electron chi connectivity index (χ4n) is 2.55. The Balaban J connectivity index is 0.00000242. The van der Waals surface area contributed by atoms with Crippen LogP contribution in [0, 0.1) is 11.8 Å². The standard InChI is InChI=1S/C15H26N4OS.2ClH/c1-10-5-4-6-19(7-10)8-13-9-21-15(17-13)18-14(20)11(2)12(3)16;;/h9-12H,4-8,16H2,1-3H3,(H,17,18,20);2*1H. The number of anilines is 1. The summed E-state index contributed by atoms with van der Waals surface area (Å²) in [5.41, 5.74) is 6.79. The fraction of sp³-hybridized carbons (Fsp3) is 0.733. The molecular formula is C15H28Cl2N4OS. The molecule has 3 unspecified atom stereocenters. The van der Waals surface area contributed by atoms with E-state index < -0.39 is 0 Å². The van der Waals surface area contributed by atoms with E-state index in [9.17, 15) is 4.79 Å². The molecule has 23 heavy (non-hydrogen) atoms. The molecule has 1 aromatic heterocycles. The van der Waals surface area contributed by atoms with E-state index in [-0.39, 0.29) is 42.7 Å². The zero-order valence-electron chi connectivity index (χ0n) is 13.9. The number of carbonyl (C=O) groups is 1. The van der Waals surface area contributed by atoms with E-state index in [0.717, 1.165) is 31.2 Å². The number of hydrogen-bond donors (Lipinski definition) is 2. The van der Waals surface area contributed by atoms with Crippen molar-refractivity contribution in [1.82, 2.24) is 9.88 Å². The topological polar surface area (TPSA) is 71.2 Å². The lowest BCUT2D eigenvalue weighted by Gasteiger charge is -2.30. The molecule has 0 spiro atoms. The molecule has 1 amide bonds. The van der Waals surface area contributed by atoms with E-state index in [1.165, 1.54) is 24.2 Å². The Morgan fingerprint density at radius 2 is 2.22 bits per heavy atom. The molecule has 0 radical (unpaired) electrons. The Morgan fingerprint density at radius 3 is 2.83 bits per heavy atom. The van der Waals surface area contributed by atoms with Crippen LogP contribution < -0.4 is 11.1 Å². The number of hydrogen-bond acceptors (Lipinski definition) is 5. The van der Waals surface area contributed by atoms with E-state index in [0.29, 0.717) is 5.13 Å². The van der Waals surface area contributed by atoms with Crippen LogP contribution in [0.25, 0.3) is 0 Å². The zero-order valence-corrected chi connectivity index (χ0v) is 16.4. The van der Waals surface area contributed by atoms with Crippen LogP contribution in [0.3, 0.4) is 0 Å². The molecule has 1 fully saturated rings. The van der Waals surface area contributed by atoms with Gasteiger partial charge in [-0.15, -0.1) is 36.2 Å². The third-order valence-electron chi connectivity index (χ3n) is 4.11. The summed E-state index contributed by atoms with van der Waals surface area (Å²) in [5, 5.41) is 5.57. The van der Waals surface area contributed by atoms with Crippen molar-refractivity contribution < 1.29 is 4.79 Å². The number of rotatable bonds is 5. The van der Waals surface area contributed by atoms with Gasteiger partial charge in [0, 0.05) is 24.5 Å². The summed E-state index contributed by atoms with van der Waals surface area (Å²) >= 11 is 1.49. The molecule has 0 aliphatic carbocycles. The van der Waals surface area contributed by atoms with Gasteiger partial charge in [0.2, 0.25) is 5.91 Å². The van der Waals surface area contributed by atoms with Crippen LogP contribution in [0.5, 0.6) is 0 Å². The highest BCUT2D eigenvalue weighted by Crippen LogP contribution is 2.21. The maximum atomic E-state index is 12.0. The van der Waals surface area contributed by atoms with Crippen molar-refractivity contribution in [3.05, 3.63) is 11.1 Å². The van der Waals surface area contributed by atoms with Crippen LogP contribution in [0.4, 0.5) is 5.13 Å². The van der Waals surface area contributed by atoms with Gasteiger partial charge in [0.15, 0.2) is 5.13 Å². The van der Waals surface area contributed by atoms with Gasteiger partial charge in [-0.2, -0.15) is 0 Å². The molecule has 2 heterocycles. The zero-order chi connectivity index (χ0) is 15.4. The quantitative estimate of drug-likeness (QED) is 0.820. The molecule has 2 rings (SSSR count). The van der Waals surface area contributed by atoms with Crippen LogP contribution in [-0.2, 0) is 11.3 Å². The largest absolute Gasteiger partial charge is 0.327 e. The second-order valence-corrected chi connectivity index (χ2v) is 7.12. The highest BCUT2D eigenvalue weighted by atomic mass is 35.5. The minimum Gasteiger partial charge on any atom is -0.327 e. The number of halogens is 2. The van der Waals surface area contributed by atoms with Gasteiger partial charge in [-0.05, 0) is 32.2 Å². The highest BCUT2D eigenvalue weighted by Gasteiger charge is 2.20. The van der Waals surface area contributed by atoms with Crippen molar-refractivity contribution in [2.24, 2.45) is 17.6 Å². The number of nitrogens with zero attached hydrogens (tertiary/aromatic N) is 2. The fourth-order valence-corrected chi connectivity index (χ4v) is 3.26. The Hall–Kier alpha value is -0.400. The number of nitrogens with one attached hydrogen (secondary N) is 1. The van der Waals surface area contributed by atoms with Crippen LogP contribution in [0.15, 0.2) is 5.38 Å². The van der Waals surface area contributed by atoms with Crippen LogP contribution in [0.2, 0.25) is 0 Å². The van der Waals surface area contributed by atoms with E-state index in [1.54, 1.807) is 0 Å². The van der Waals surface area contributed by atoms with Gasteiger partial charge in [0.05, 0.1) is 11.6 Å². The van der Waals surface area contributed by atoms with Gasteiger partial charge < -0.3 is 11.1 Å². The maximum Gasteiger partial charge on any atom is 0.230 e. The van der Waals surface area contributed by atoms with E-state index in [1.807, 2.05) is 19.2 Å². The van der Waals surface area contributed by atoms with E-state index in [4.69, 9.17) is 5.73 Å². The van der Waals surface area contributed by atoms with Gasteiger partial charge in [0.1, 0.15) is 0 Å². The average molecular weight is 383 g/mol. The van der Waals surface area contributed by atoms with Gasteiger partial charge in [-0.1, -0.05) is 13.8 Å². The van der Waals surface area contributed by atoms with Gasteiger partial charge >= 0.3 is 0 Å². The summed E-state index contributed by atoms with van der Waals surface area (Å²) in [7, 11) is 0. The predicted octanol–water partition coefficient (Wildman–Crippen LogP) is 3.14. The SMILES string of the molecule is CC1CCCN(Cc2csc(NC(=O)C(C)C(C)N)n2)C1.Cl.Cl. The number of amides is 1. The van der Waals surface area contributed by atoms with Crippen molar-refractivity contribution >= 4 is 47.2 Å². The highest BCUT2D eigenvalue weighted by molar-refractivity contribution is 7.13. The van der Waals surface area contributed by atoms with Crippen LogP contribution in [-0.4, -0.2) is 34.9 Å². The van der Waals surface area contributed by atoms with E-state index >= 15 is 0 Å². The number of likely N-dealkylation sites (tertiary alicyclic amines) is 1. The number of piperidine rings is 1. The number of carbonyl (C=O) groups excluding carboxylic acids is 1. The maximum absolute atomic E-state index is 12.0. The summed E-state index contributed by atoms with van der Waals surface area (Å²) in [6.07, 6.45) is 2.59. The molecule has 1 saturated heterocycles. The first-order valence-electron chi connectivity index (χ1n) is 7.69. The summed E-state index contributed by atoms with van der Waals surface area (Å²) in [6, 6.07) is -0.153. The number of nitrogens with two attached hydrogens (primary N) is 1. The minimum atomic E-state index is -0.208. The Morgan fingerprint density at radius 1 is 1.52 bits per heavy atom.